The molecule has 0 bridgehead atoms. The Morgan fingerprint density at radius 3 is 2.04 bits per heavy atom. The third kappa shape index (κ3) is 4.59. The molecule has 0 amide bonds. The van der Waals surface area contributed by atoms with Crippen LogP contribution in [0.2, 0.25) is 0 Å². The molecule has 1 unspecified atom stereocenters. The maximum absolute atomic E-state index is 13.6. The van der Waals surface area contributed by atoms with Gasteiger partial charge < -0.3 is 5.11 Å². The molecule has 0 spiro atoms. The van der Waals surface area contributed by atoms with Gasteiger partial charge in [0.15, 0.2) is 5.78 Å². The zero-order valence-electron chi connectivity index (χ0n) is 16.4. The molecule has 0 radical (unpaired) electrons. The van der Waals surface area contributed by atoms with Gasteiger partial charge in [-0.15, -0.1) is 0 Å². The van der Waals surface area contributed by atoms with Crippen LogP contribution in [0.15, 0.2) is 12.1 Å². The second kappa shape index (κ2) is 9.97. The lowest BCUT2D eigenvalue weighted by Gasteiger charge is -2.35. The Hall–Kier alpha value is -1.54. The van der Waals surface area contributed by atoms with Crippen molar-refractivity contribution in [3.05, 3.63) is 34.4 Å². The molecule has 1 aliphatic rings. The van der Waals surface area contributed by atoms with Crippen LogP contribution < -0.4 is 0 Å². The van der Waals surface area contributed by atoms with Crippen LogP contribution in [-0.2, 0) is 9.36 Å². The molecule has 26 heavy (non-hydrogen) atoms. The van der Waals surface area contributed by atoms with Gasteiger partial charge in [0.2, 0.25) is 0 Å². The molecular weight excluding hydrogens is 347 g/mol. The van der Waals surface area contributed by atoms with Crippen LogP contribution >= 0.6 is 9.12 Å². The molecule has 1 N–H and O–H groups in total. The number of carboxylic acid groups (broad SMARTS) is 1. The Morgan fingerprint density at radius 2 is 1.62 bits per heavy atom. The summed E-state index contributed by atoms with van der Waals surface area (Å²) in [6, 6.07) is 4.06. The molecule has 2 rings (SSSR count). The van der Waals surface area contributed by atoms with Crippen molar-refractivity contribution in [1.82, 2.24) is 0 Å². The molecule has 1 fully saturated rings. The van der Waals surface area contributed by atoms with E-state index in [1.54, 1.807) is 9.12 Å². The van der Waals surface area contributed by atoms with E-state index in [9.17, 15) is 14.7 Å². The fourth-order valence-electron chi connectivity index (χ4n) is 4.57. The molecule has 1 aromatic carbocycles. The number of benzene rings is 1. The second-order valence-electron chi connectivity index (χ2n) is 7.50. The molecule has 1 saturated carbocycles. The van der Waals surface area contributed by atoms with Gasteiger partial charge in [-0.05, 0) is 51.2 Å². The lowest BCUT2D eigenvalue weighted by Crippen LogP contribution is -2.41. The van der Waals surface area contributed by atoms with Gasteiger partial charge in [0.25, 0.3) is 0 Å². The molecule has 0 aliphatic heterocycles. The minimum atomic E-state index is -0.805. The van der Waals surface area contributed by atoms with E-state index in [-0.39, 0.29) is 5.78 Å². The van der Waals surface area contributed by atoms with Crippen LogP contribution in [0.5, 0.6) is 0 Å². The van der Waals surface area contributed by atoms with Crippen molar-refractivity contribution in [3.63, 3.8) is 0 Å². The van der Waals surface area contributed by atoms with Crippen molar-refractivity contribution in [2.75, 3.05) is 0 Å². The van der Waals surface area contributed by atoms with E-state index >= 15 is 0 Å². The Bertz CT molecular complexity index is 624. The van der Waals surface area contributed by atoms with E-state index in [1.165, 1.54) is 0 Å². The summed E-state index contributed by atoms with van der Waals surface area (Å²) in [4.78, 5) is 25.6. The predicted octanol–water partition coefficient (Wildman–Crippen LogP) is 5.72. The zero-order valence-corrected chi connectivity index (χ0v) is 17.4. The number of carbonyl (C=O) groups excluding carboxylic acids is 1. The SMILES string of the molecule is CCCCC(C(=O)O)C1(C(=O)c2c(C)cc(C)cc2C)CCCC1.O=P. The molecule has 4 nitrogen and oxygen atoms in total. The monoisotopic (exact) mass is 378 g/mol. The summed E-state index contributed by atoms with van der Waals surface area (Å²) in [6.07, 6.45) is 5.73. The first kappa shape index (κ1) is 22.5. The summed E-state index contributed by atoms with van der Waals surface area (Å²) >= 11 is 0. The number of aryl methyl sites for hydroxylation is 3. The number of hydrogen-bond acceptors (Lipinski definition) is 3. The maximum atomic E-state index is 13.6. The number of aliphatic carboxylic acids is 1. The van der Waals surface area contributed by atoms with E-state index in [2.05, 4.69) is 6.92 Å². The number of hydrogen-bond donors (Lipinski definition) is 1. The van der Waals surface area contributed by atoms with Crippen LogP contribution in [-0.4, -0.2) is 16.9 Å². The lowest BCUT2D eigenvalue weighted by molar-refractivity contribution is -0.146. The average Bonchev–Trinajstić information content (AvgIpc) is 3.06. The van der Waals surface area contributed by atoms with Crippen molar-refractivity contribution in [2.24, 2.45) is 11.3 Å². The van der Waals surface area contributed by atoms with Crippen LogP contribution in [0, 0.1) is 32.1 Å². The highest BCUT2D eigenvalue weighted by molar-refractivity contribution is 7.00. The molecule has 0 saturated heterocycles. The highest BCUT2D eigenvalue weighted by Gasteiger charge is 2.50. The Kier molecular flexibility index (Phi) is 8.62. The normalized spacial score (nSPS) is 16.5. The molecule has 0 heterocycles. The van der Waals surface area contributed by atoms with Crippen molar-refractivity contribution in [1.29, 1.82) is 0 Å². The minimum absolute atomic E-state index is 0.0681. The van der Waals surface area contributed by atoms with Crippen molar-refractivity contribution >= 4 is 20.9 Å². The van der Waals surface area contributed by atoms with E-state index in [0.29, 0.717) is 19.3 Å². The summed E-state index contributed by atoms with van der Waals surface area (Å²) in [7, 11) is 1.72. The predicted molar refractivity (Wildman–Crippen MR) is 106 cm³/mol. The summed E-state index contributed by atoms with van der Waals surface area (Å²) in [5.74, 6) is -1.30. The van der Waals surface area contributed by atoms with E-state index in [1.807, 2.05) is 32.9 Å². The number of carboxylic acids is 1. The molecule has 1 aliphatic carbocycles. The minimum Gasteiger partial charge on any atom is -0.481 e. The third-order valence-electron chi connectivity index (χ3n) is 5.66. The number of unbranched alkanes of at least 4 members (excludes halogenated alkanes) is 1. The van der Waals surface area contributed by atoms with E-state index < -0.39 is 17.3 Å². The highest BCUT2D eigenvalue weighted by atomic mass is 31.0. The van der Waals surface area contributed by atoms with E-state index in [4.69, 9.17) is 4.57 Å². The van der Waals surface area contributed by atoms with Crippen molar-refractivity contribution in [3.8, 4) is 0 Å². The van der Waals surface area contributed by atoms with Gasteiger partial charge in [-0.25, -0.2) is 0 Å². The van der Waals surface area contributed by atoms with Crippen LogP contribution in [0.3, 0.4) is 0 Å². The second-order valence-corrected chi connectivity index (χ2v) is 7.50. The third-order valence-corrected chi connectivity index (χ3v) is 5.66. The fourth-order valence-corrected chi connectivity index (χ4v) is 4.57. The molecule has 144 valence electrons. The van der Waals surface area contributed by atoms with Crippen molar-refractivity contribution < 1.29 is 19.3 Å². The summed E-state index contributed by atoms with van der Waals surface area (Å²) in [6.45, 7) is 8.03. The van der Waals surface area contributed by atoms with Gasteiger partial charge >= 0.3 is 5.97 Å². The topological polar surface area (TPSA) is 71.4 Å². The molecule has 1 atom stereocenters. The quantitative estimate of drug-likeness (QED) is 0.486. The smallest absolute Gasteiger partial charge is 0.307 e. The highest BCUT2D eigenvalue weighted by Crippen LogP contribution is 2.49. The van der Waals surface area contributed by atoms with Crippen LogP contribution in [0.4, 0.5) is 0 Å². The number of rotatable bonds is 7. The largest absolute Gasteiger partial charge is 0.481 e. The van der Waals surface area contributed by atoms with Gasteiger partial charge in [0.05, 0.1) is 5.92 Å². The average molecular weight is 378 g/mol. The first-order valence-electron chi connectivity index (χ1n) is 9.39. The lowest BCUT2D eigenvalue weighted by atomic mass is 9.66. The number of ketones is 1. The molecule has 5 heteroatoms. The summed E-state index contributed by atoms with van der Waals surface area (Å²) < 4.78 is 8.06. The zero-order chi connectivity index (χ0) is 19.9. The van der Waals surface area contributed by atoms with Gasteiger partial charge in [-0.3, -0.25) is 14.2 Å². The van der Waals surface area contributed by atoms with Gasteiger partial charge in [0.1, 0.15) is 9.12 Å². The summed E-state index contributed by atoms with van der Waals surface area (Å²) in [5.41, 5.74) is 3.13. The Morgan fingerprint density at radius 1 is 1.12 bits per heavy atom. The Labute approximate surface area is 159 Å². The van der Waals surface area contributed by atoms with Crippen LogP contribution in [0.1, 0.15) is 78.9 Å². The number of carbonyl (C=O) groups is 2. The number of Topliss-reactive ketones (excluding diaryl/α,β-unsaturated/α-hetero) is 1. The Balaban J connectivity index is 0.00000163. The maximum Gasteiger partial charge on any atom is 0.307 e. The first-order valence-corrected chi connectivity index (χ1v) is 9.80. The van der Waals surface area contributed by atoms with E-state index in [0.717, 1.165) is 47.9 Å². The molecule has 1 aromatic rings. The standard InChI is InChI=1S/C21H30O3.HOP/c1-5-6-9-17(20(23)24)21(10-7-8-11-21)19(22)18-15(3)12-14(2)13-16(18)4;1-2/h12-13,17H,5-11H2,1-4H3,(H,23,24);2H. The van der Waals surface area contributed by atoms with Crippen LogP contribution in [0.25, 0.3) is 0 Å². The summed E-state index contributed by atoms with van der Waals surface area (Å²) in [5, 5.41) is 9.85. The molecular formula is C21H31O4P. The van der Waals surface area contributed by atoms with Gasteiger partial charge in [0, 0.05) is 11.0 Å². The fraction of sp³-hybridized carbons (Fsp3) is 0.619. The van der Waals surface area contributed by atoms with Gasteiger partial charge in [-0.2, -0.15) is 0 Å². The van der Waals surface area contributed by atoms with Gasteiger partial charge in [-0.1, -0.05) is 50.3 Å². The first-order chi connectivity index (χ1) is 12.3. The van der Waals surface area contributed by atoms with Crippen molar-refractivity contribution in [2.45, 2.75) is 72.6 Å². The molecule has 0 aromatic heterocycles.